The molecule has 2 aromatic rings. The van der Waals surface area contributed by atoms with Crippen LogP contribution in [0.2, 0.25) is 0 Å². The molecule has 0 atom stereocenters. The zero-order valence-electron chi connectivity index (χ0n) is 9.91. The largest absolute Gasteiger partial charge is 0.508 e. The fraction of sp³-hybridized carbons (Fsp3) is 0.0714. The monoisotopic (exact) mass is 246 g/mol. The van der Waals surface area contributed by atoms with Crippen LogP contribution in [-0.4, -0.2) is 23.3 Å². The summed E-state index contributed by atoms with van der Waals surface area (Å²) in [6, 6.07) is 14.6. The highest BCUT2D eigenvalue weighted by Crippen LogP contribution is 2.13. The summed E-state index contributed by atoms with van der Waals surface area (Å²) in [5, 5.41) is 17.3. The molecule has 4 nitrogen and oxygen atoms in total. The Labute approximate surface area is 105 Å². The van der Waals surface area contributed by atoms with Crippen molar-refractivity contribution < 1.29 is 19.7 Å². The quantitative estimate of drug-likeness (QED) is 0.599. The number of aromatic hydroxyl groups is 2. The van der Waals surface area contributed by atoms with Crippen LogP contribution in [0.15, 0.2) is 54.6 Å². The molecule has 0 aliphatic rings. The second kappa shape index (κ2) is 6.96. The molecule has 2 aromatic carbocycles. The van der Waals surface area contributed by atoms with Crippen molar-refractivity contribution in [3.63, 3.8) is 0 Å². The zero-order valence-corrected chi connectivity index (χ0v) is 9.91. The van der Waals surface area contributed by atoms with E-state index in [2.05, 4.69) is 4.74 Å². The first kappa shape index (κ1) is 13.6. The van der Waals surface area contributed by atoms with E-state index in [1.165, 1.54) is 31.4 Å². The molecule has 0 amide bonds. The van der Waals surface area contributed by atoms with E-state index < -0.39 is 0 Å². The number of hydrogen-bond acceptors (Lipinski definition) is 4. The molecule has 4 heteroatoms. The molecule has 0 aliphatic carbocycles. The lowest BCUT2D eigenvalue weighted by Gasteiger charge is -1.95. The molecule has 94 valence electrons. The van der Waals surface area contributed by atoms with Crippen LogP contribution in [0.25, 0.3) is 0 Å². The molecular weight excluding hydrogens is 232 g/mol. The van der Waals surface area contributed by atoms with E-state index in [0.29, 0.717) is 5.56 Å². The van der Waals surface area contributed by atoms with Gasteiger partial charge >= 0.3 is 5.97 Å². The van der Waals surface area contributed by atoms with Gasteiger partial charge in [0.25, 0.3) is 0 Å². The van der Waals surface area contributed by atoms with Crippen LogP contribution in [0.4, 0.5) is 0 Å². The Morgan fingerprint density at radius 1 is 0.889 bits per heavy atom. The molecule has 0 unspecified atom stereocenters. The first-order valence-corrected chi connectivity index (χ1v) is 5.25. The number of benzene rings is 2. The number of phenolic OH excluding ortho intramolecular Hbond substituents is 2. The Hall–Kier alpha value is -2.49. The number of hydrogen-bond donors (Lipinski definition) is 2. The zero-order chi connectivity index (χ0) is 13.4. The molecule has 18 heavy (non-hydrogen) atoms. The topological polar surface area (TPSA) is 66.8 Å². The summed E-state index contributed by atoms with van der Waals surface area (Å²) in [6.45, 7) is 0. The summed E-state index contributed by atoms with van der Waals surface area (Å²) in [5.41, 5.74) is 0.588. The van der Waals surface area contributed by atoms with Crippen LogP contribution in [0.5, 0.6) is 11.5 Å². The van der Waals surface area contributed by atoms with Crippen molar-refractivity contribution in [2.45, 2.75) is 0 Å². The minimum Gasteiger partial charge on any atom is -0.508 e. The number of ether oxygens (including phenoxy) is 1. The molecule has 0 aromatic heterocycles. The van der Waals surface area contributed by atoms with E-state index in [-0.39, 0.29) is 17.5 Å². The summed E-state index contributed by atoms with van der Waals surface area (Å²) >= 11 is 0. The average Bonchev–Trinajstić information content (AvgIpc) is 2.43. The molecule has 0 saturated carbocycles. The predicted molar refractivity (Wildman–Crippen MR) is 67.6 cm³/mol. The molecule has 0 radical (unpaired) electrons. The van der Waals surface area contributed by atoms with Gasteiger partial charge in [0, 0.05) is 0 Å². The summed E-state index contributed by atoms with van der Waals surface area (Å²) in [4.78, 5) is 10.8. The fourth-order valence-corrected chi connectivity index (χ4v) is 1.14. The van der Waals surface area contributed by atoms with Gasteiger partial charge in [0.1, 0.15) is 11.5 Å². The third-order valence-electron chi connectivity index (χ3n) is 2.04. The maximum absolute atomic E-state index is 10.8. The maximum atomic E-state index is 10.8. The van der Waals surface area contributed by atoms with Gasteiger partial charge in [-0.2, -0.15) is 0 Å². The van der Waals surface area contributed by atoms with Crippen molar-refractivity contribution in [2.24, 2.45) is 0 Å². The molecule has 0 aliphatic heterocycles. The second-order valence-corrected chi connectivity index (χ2v) is 3.37. The SMILES string of the molecule is COC(=O)c1ccccc1.Oc1ccc(O)cc1. The lowest BCUT2D eigenvalue weighted by molar-refractivity contribution is 0.0600. The van der Waals surface area contributed by atoms with Gasteiger partial charge in [-0.25, -0.2) is 4.79 Å². The first-order chi connectivity index (χ1) is 8.63. The number of carbonyl (C=O) groups is 1. The van der Waals surface area contributed by atoms with Crippen molar-refractivity contribution >= 4 is 5.97 Å². The highest BCUT2D eigenvalue weighted by molar-refractivity contribution is 5.89. The molecule has 2 N–H and O–H groups in total. The Morgan fingerprint density at radius 3 is 1.72 bits per heavy atom. The van der Waals surface area contributed by atoms with Crippen molar-refractivity contribution in [3.8, 4) is 11.5 Å². The van der Waals surface area contributed by atoms with Gasteiger partial charge in [-0.1, -0.05) is 18.2 Å². The minimum atomic E-state index is -0.291. The van der Waals surface area contributed by atoms with E-state index in [1.807, 2.05) is 6.07 Å². The van der Waals surface area contributed by atoms with Crippen LogP contribution in [0.3, 0.4) is 0 Å². The van der Waals surface area contributed by atoms with Gasteiger partial charge < -0.3 is 14.9 Å². The lowest BCUT2D eigenvalue weighted by atomic mass is 10.2. The Bertz CT molecular complexity index is 456. The van der Waals surface area contributed by atoms with E-state index in [0.717, 1.165) is 0 Å². The first-order valence-electron chi connectivity index (χ1n) is 5.25. The van der Waals surface area contributed by atoms with Crippen molar-refractivity contribution in [2.75, 3.05) is 7.11 Å². The van der Waals surface area contributed by atoms with E-state index in [1.54, 1.807) is 24.3 Å². The predicted octanol–water partition coefficient (Wildman–Crippen LogP) is 2.57. The minimum absolute atomic E-state index is 0.169. The van der Waals surface area contributed by atoms with Gasteiger partial charge in [0.15, 0.2) is 0 Å². The summed E-state index contributed by atoms with van der Waals surface area (Å²) < 4.78 is 4.50. The fourth-order valence-electron chi connectivity index (χ4n) is 1.14. The van der Waals surface area contributed by atoms with E-state index in [9.17, 15) is 4.79 Å². The maximum Gasteiger partial charge on any atom is 0.337 e. The number of rotatable bonds is 1. The molecule has 0 spiro atoms. The molecule has 2 rings (SSSR count). The summed E-state index contributed by atoms with van der Waals surface area (Å²) in [5.74, 6) is 0.0474. The number of carbonyl (C=O) groups excluding carboxylic acids is 1. The summed E-state index contributed by atoms with van der Waals surface area (Å²) in [7, 11) is 1.37. The van der Waals surface area contributed by atoms with Gasteiger partial charge in [-0.05, 0) is 36.4 Å². The van der Waals surface area contributed by atoms with Crippen molar-refractivity contribution in [3.05, 3.63) is 60.2 Å². The Morgan fingerprint density at radius 2 is 1.33 bits per heavy atom. The van der Waals surface area contributed by atoms with Gasteiger partial charge in [-0.15, -0.1) is 0 Å². The third kappa shape index (κ3) is 4.57. The van der Waals surface area contributed by atoms with Crippen LogP contribution in [0.1, 0.15) is 10.4 Å². The van der Waals surface area contributed by atoms with Gasteiger partial charge in [0.05, 0.1) is 12.7 Å². The highest BCUT2D eigenvalue weighted by Gasteiger charge is 2.00. The molecule has 0 saturated heterocycles. The summed E-state index contributed by atoms with van der Waals surface area (Å²) in [6.07, 6.45) is 0. The van der Waals surface area contributed by atoms with Crippen molar-refractivity contribution in [1.82, 2.24) is 0 Å². The Balaban J connectivity index is 0.000000184. The lowest BCUT2D eigenvalue weighted by Crippen LogP contribution is -1.99. The normalized spacial score (nSPS) is 8.94. The van der Waals surface area contributed by atoms with Gasteiger partial charge in [0.2, 0.25) is 0 Å². The smallest absolute Gasteiger partial charge is 0.337 e. The van der Waals surface area contributed by atoms with Crippen LogP contribution in [-0.2, 0) is 4.74 Å². The van der Waals surface area contributed by atoms with Crippen LogP contribution < -0.4 is 0 Å². The second-order valence-electron chi connectivity index (χ2n) is 3.37. The number of esters is 1. The van der Waals surface area contributed by atoms with Gasteiger partial charge in [-0.3, -0.25) is 0 Å². The number of methoxy groups -OCH3 is 1. The molecule has 0 fully saturated rings. The highest BCUT2D eigenvalue weighted by atomic mass is 16.5. The van der Waals surface area contributed by atoms with Crippen molar-refractivity contribution in [1.29, 1.82) is 0 Å². The third-order valence-corrected chi connectivity index (χ3v) is 2.04. The Kier molecular flexibility index (Phi) is 5.25. The van der Waals surface area contributed by atoms with Crippen LogP contribution in [0, 0.1) is 0 Å². The average molecular weight is 246 g/mol. The molecular formula is C14H14O4. The van der Waals surface area contributed by atoms with E-state index in [4.69, 9.17) is 10.2 Å². The molecule has 0 bridgehead atoms. The van der Waals surface area contributed by atoms with Crippen LogP contribution >= 0.6 is 0 Å². The van der Waals surface area contributed by atoms with E-state index >= 15 is 0 Å². The molecule has 0 heterocycles. The number of phenols is 2. The standard InChI is InChI=1S/C8H8O2.C6H6O2/c1-10-8(9)7-5-3-2-4-6-7;7-5-1-2-6(8)4-3-5/h2-6H,1H3;1-4,7-8H.